The van der Waals surface area contributed by atoms with Crippen LogP contribution in [0.3, 0.4) is 0 Å². The molecule has 0 spiro atoms. The number of rotatable bonds is 2. The van der Waals surface area contributed by atoms with Gasteiger partial charge in [-0.05, 0) is 34.1 Å². The van der Waals surface area contributed by atoms with E-state index in [1.807, 2.05) is 0 Å². The van der Waals surface area contributed by atoms with Gasteiger partial charge >= 0.3 is 0 Å². The number of halogens is 2. The van der Waals surface area contributed by atoms with Crippen LogP contribution >= 0.6 is 15.9 Å². The molecular weight excluding hydrogens is 303 g/mol. The number of carbonyl (C=O) groups is 1. The van der Waals surface area contributed by atoms with Crippen molar-refractivity contribution in [3.05, 3.63) is 62.7 Å². The second kappa shape index (κ2) is 5.14. The molecule has 2 rings (SSSR count). The number of hydrogen-bond donors (Lipinski definition) is 2. The van der Waals surface area contributed by atoms with Crippen molar-refractivity contribution in [2.45, 2.75) is 0 Å². The van der Waals surface area contributed by atoms with E-state index in [1.165, 1.54) is 30.3 Å². The zero-order valence-electron chi connectivity index (χ0n) is 9.04. The minimum absolute atomic E-state index is 0.0344. The van der Waals surface area contributed by atoms with Crippen LogP contribution in [0.1, 0.15) is 10.5 Å². The summed E-state index contributed by atoms with van der Waals surface area (Å²) >= 11 is 3.14. The Morgan fingerprint density at radius 3 is 2.61 bits per heavy atom. The molecule has 0 saturated heterocycles. The van der Waals surface area contributed by atoms with Crippen molar-refractivity contribution in [2.75, 3.05) is 5.32 Å². The van der Waals surface area contributed by atoms with Gasteiger partial charge in [-0.2, -0.15) is 0 Å². The van der Waals surface area contributed by atoms with Crippen LogP contribution in [0, 0.1) is 5.82 Å². The first-order chi connectivity index (χ1) is 8.58. The monoisotopic (exact) mass is 310 g/mol. The van der Waals surface area contributed by atoms with Gasteiger partial charge in [0, 0.05) is 10.5 Å². The molecule has 0 aliphatic heterocycles. The number of nitrogens with one attached hydrogen (secondary N) is 2. The Kier molecular flexibility index (Phi) is 3.57. The third-order valence-corrected chi connectivity index (χ3v) is 2.88. The number of amides is 1. The Balaban J connectivity index is 2.30. The topological polar surface area (TPSA) is 62.0 Å². The summed E-state index contributed by atoms with van der Waals surface area (Å²) in [7, 11) is 0. The van der Waals surface area contributed by atoms with Crippen LogP contribution in [0.5, 0.6) is 0 Å². The predicted octanol–water partition coefficient (Wildman–Crippen LogP) is 2.53. The summed E-state index contributed by atoms with van der Waals surface area (Å²) in [4.78, 5) is 25.2. The van der Waals surface area contributed by atoms with Crippen molar-refractivity contribution in [3.63, 3.8) is 0 Å². The molecule has 1 aromatic carbocycles. The lowest BCUT2D eigenvalue weighted by Gasteiger charge is -2.08. The van der Waals surface area contributed by atoms with Crippen LogP contribution in [0.15, 0.2) is 45.7 Å². The number of aromatic nitrogens is 1. The molecular formula is C12H8BrFN2O2. The van der Waals surface area contributed by atoms with E-state index < -0.39 is 17.3 Å². The highest BCUT2D eigenvalue weighted by Gasteiger charge is 2.12. The van der Waals surface area contributed by atoms with E-state index >= 15 is 0 Å². The highest BCUT2D eigenvalue weighted by Crippen LogP contribution is 2.25. The second-order valence-corrected chi connectivity index (χ2v) is 4.33. The third-order valence-electron chi connectivity index (χ3n) is 2.21. The fourth-order valence-electron chi connectivity index (χ4n) is 1.38. The number of benzene rings is 1. The molecule has 92 valence electrons. The number of H-pyrrole nitrogens is 1. The Labute approximate surface area is 110 Å². The molecule has 0 fully saturated rings. The number of aromatic amines is 1. The van der Waals surface area contributed by atoms with E-state index in [-0.39, 0.29) is 11.4 Å². The van der Waals surface area contributed by atoms with Gasteiger partial charge in [0.05, 0.1) is 5.69 Å². The van der Waals surface area contributed by atoms with E-state index in [2.05, 4.69) is 26.2 Å². The molecule has 1 amide bonds. The zero-order valence-corrected chi connectivity index (χ0v) is 10.6. The van der Waals surface area contributed by atoms with E-state index in [1.54, 1.807) is 6.07 Å². The SMILES string of the molecule is O=C(Nc1c(F)cccc1Br)c1cccc(=O)[nH]1. The zero-order chi connectivity index (χ0) is 13.1. The van der Waals surface area contributed by atoms with Gasteiger partial charge in [0.2, 0.25) is 5.56 Å². The number of hydrogen-bond acceptors (Lipinski definition) is 2. The van der Waals surface area contributed by atoms with Gasteiger partial charge in [-0.1, -0.05) is 12.1 Å². The van der Waals surface area contributed by atoms with Gasteiger partial charge in [0.1, 0.15) is 11.5 Å². The van der Waals surface area contributed by atoms with Crippen LogP contribution in [0.25, 0.3) is 0 Å². The third kappa shape index (κ3) is 2.65. The lowest BCUT2D eigenvalue weighted by atomic mass is 10.3. The molecule has 0 aliphatic carbocycles. The normalized spacial score (nSPS) is 10.1. The maximum atomic E-state index is 13.5. The second-order valence-electron chi connectivity index (χ2n) is 3.48. The van der Waals surface area contributed by atoms with Crippen molar-refractivity contribution < 1.29 is 9.18 Å². The van der Waals surface area contributed by atoms with E-state index in [4.69, 9.17) is 0 Å². The molecule has 1 heterocycles. The summed E-state index contributed by atoms with van der Waals surface area (Å²) in [6.07, 6.45) is 0. The Hall–Kier alpha value is -1.95. The summed E-state index contributed by atoms with van der Waals surface area (Å²) in [5.74, 6) is -1.14. The number of carbonyl (C=O) groups excluding carboxylic acids is 1. The molecule has 0 unspecified atom stereocenters. The average molecular weight is 311 g/mol. The lowest BCUT2D eigenvalue weighted by molar-refractivity contribution is 0.102. The van der Waals surface area contributed by atoms with Crippen LogP contribution < -0.4 is 10.9 Å². The Morgan fingerprint density at radius 2 is 1.94 bits per heavy atom. The molecule has 4 nitrogen and oxygen atoms in total. The summed E-state index contributed by atoms with van der Waals surface area (Å²) in [6, 6.07) is 8.52. The van der Waals surface area contributed by atoms with Gasteiger partial charge in [0.25, 0.3) is 5.91 Å². The molecule has 2 N–H and O–H groups in total. The van der Waals surface area contributed by atoms with Gasteiger partial charge in [-0.25, -0.2) is 4.39 Å². The quantitative estimate of drug-likeness (QED) is 0.895. The maximum absolute atomic E-state index is 13.5. The van der Waals surface area contributed by atoms with Crippen LogP contribution in [0.2, 0.25) is 0 Å². The first kappa shape index (κ1) is 12.5. The van der Waals surface area contributed by atoms with Crippen molar-refractivity contribution in [2.24, 2.45) is 0 Å². The summed E-state index contributed by atoms with van der Waals surface area (Å²) in [6.45, 7) is 0. The van der Waals surface area contributed by atoms with Crippen LogP contribution in [-0.2, 0) is 0 Å². The van der Waals surface area contributed by atoms with Crippen LogP contribution in [0.4, 0.5) is 10.1 Å². The number of anilines is 1. The molecule has 0 aliphatic rings. The van der Waals surface area contributed by atoms with Crippen molar-refractivity contribution in [1.29, 1.82) is 0 Å². The smallest absolute Gasteiger partial charge is 0.272 e. The molecule has 2 aromatic rings. The van der Waals surface area contributed by atoms with E-state index in [9.17, 15) is 14.0 Å². The van der Waals surface area contributed by atoms with E-state index in [0.717, 1.165) is 0 Å². The maximum Gasteiger partial charge on any atom is 0.272 e. The minimum Gasteiger partial charge on any atom is -0.318 e. The molecule has 0 radical (unpaired) electrons. The summed E-state index contributed by atoms with van der Waals surface area (Å²) in [5, 5.41) is 2.39. The Bertz CT molecular complexity index is 634. The fourth-order valence-corrected chi connectivity index (χ4v) is 1.82. The molecule has 1 aromatic heterocycles. The first-order valence-electron chi connectivity index (χ1n) is 5.02. The first-order valence-corrected chi connectivity index (χ1v) is 5.82. The van der Waals surface area contributed by atoms with Crippen molar-refractivity contribution >= 4 is 27.5 Å². The average Bonchev–Trinajstić information content (AvgIpc) is 2.34. The summed E-state index contributed by atoms with van der Waals surface area (Å²) in [5.41, 5.74) is -0.292. The van der Waals surface area contributed by atoms with Gasteiger partial charge in [0.15, 0.2) is 0 Å². The van der Waals surface area contributed by atoms with Gasteiger partial charge in [-0.15, -0.1) is 0 Å². The molecule has 0 bridgehead atoms. The number of para-hydroxylation sites is 1. The Morgan fingerprint density at radius 1 is 1.22 bits per heavy atom. The minimum atomic E-state index is -0.585. The highest BCUT2D eigenvalue weighted by atomic mass is 79.9. The van der Waals surface area contributed by atoms with Crippen molar-refractivity contribution in [1.82, 2.24) is 4.98 Å². The van der Waals surface area contributed by atoms with Crippen molar-refractivity contribution in [3.8, 4) is 0 Å². The lowest BCUT2D eigenvalue weighted by Crippen LogP contribution is -2.18. The predicted molar refractivity (Wildman–Crippen MR) is 69.1 cm³/mol. The fraction of sp³-hybridized carbons (Fsp3) is 0. The van der Waals surface area contributed by atoms with E-state index in [0.29, 0.717) is 4.47 Å². The van der Waals surface area contributed by atoms with Gasteiger partial charge in [-0.3, -0.25) is 9.59 Å². The molecule has 6 heteroatoms. The van der Waals surface area contributed by atoms with Gasteiger partial charge < -0.3 is 10.3 Å². The molecule has 18 heavy (non-hydrogen) atoms. The standard InChI is InChI=1S/C12H8BrFN2O2/c13-7-3-1-4-8(14)11(7)16-12(18)9-5-2-6-10(17)15-9/h1-6H,(H,15,17)(H,16,18). The molecule has 0 saturated carbocycles. The number of pyridine rings is 1. The largest absolute Gasteiger partial charge is 0.318 e. The highest BCUT2D eigenvalue weighted by molar-refractivity contribution is 9.10. The molecule has 0 atom stereocenters. The van der Waals surface area contributed by atoms with Crippen LogP contribution in [-0.4, -0.2) is 10.9 Å². The summed E-state index contributed by atoms with van der Waals surface area (Å²) < 4.78 is 13.9.